The SMILES string of the molecule is [CH2]Cc1ccc(-c2nc(Nc3cc(OCCCCCCCCCCCCCCCCCC)c(OCCCCCCCCCCCCCCCCCC)c(OCCCCCCCCCCCCCCCCCC)c3)nc(Nc3cc(OCCCCCCCCCCCCCCCCCC)c(OCCCCCCCCCCCCCCCCCC)c(OCCCCCCCCCCCCCCCCCC)c3)n2)cc1. The Morgan fingerprint density at radius 3 is 0.486 bits per heavy atom. The predicted molar refractivity (Wildman–Crippen MR) is 624 cm³/mol. The molecule has 2 N–H and O–H groups in total. The molecule has 142 heavy (non-hydrogen) atoms. The van der Waals surface area contributed by atoms with Crippen molar-refractivity contribution < 1.29 is 28.4 Å². The van der Waals surface area contributed by atoms with Gasteiger partial charge in [-0.3, -0.25) is 0 Å². The molecule has 0 unspecified atom stereocenters. The molecule has 0 fully saturated rings. The lowest BCUT2D eigenvalue weighted by Crippen LogP contribution is -2.09. The third-order valence-corrected chi connectivity index (χ3v) is 30.2. The normalized spacial score (nSPS) is 11.6. The van der Waals surface area contributed by atoms with Crippen molar-refractivity contribution in [3.63, 3.8) is 0 Å². The quantitative estimate of drug-likeness (QED) is 0.0412. The van der Waals surface area contributed by atoms with Gasteiger partial charge in [0.1, 0.15) is 0 Å². The van der Waals surface area contributed by atoms with Crippen molar-refractivity contribution in [1.29, 1.82) is 0 Å². The molecule has 0 bridgehead atoms. The van der Waals surface area contributed by atoms with Gasteiger partial charge in [-0.25, -0.2) is 0 Å². The second-order valence-corrected chi connectivity index (χ2v) is 44.0. The summed E-state index contributed by atoms with van der Waals surface area (Å²) in [5.74, 6) is 5.60. The van der Waals surface area contributed by atoms with E-state index in [4.69, 9.17) is 43.4 Å². The summed E-state index contributed by atoms with van der Waals surface area (Å²) in [7, 11) is 0. The van der Waals surface area contributed by atoms with E-state index in [9.17, 15) is 0 Å². The monoisotopic (exact) mass is 1980 g/mol. The first-order valence-electron chi connectivity index (χ1n) is 63.8. The third kappa shape index (κ3) is 77.4. The van der Waals surface area contributed by atoms with Crippen LogP contribution in [0.4, 0.5) is 23.3 Å². The number of hydrogen-bond acceptors (Lipinski definition) is 11. The van der Waals surface area contributed by atoms with Crippen molar-refractivity contribution in [2.45, 2.75) is 664 Å². The molecule has 0 saturated carbocycles. The maximum atomic E-state index is 7.05. The number of nitrogens with one attached hydrogen (secondary N) is 2. The van der Waals surface area contributed by atoms with E-state index < -0.39 is 0 Å². The van der Waals surface area contributed by atoms with Crippen molar-refractivity contribution >= 4 is 23.3 Å². The van der Waals surface area contributed by atoms with Crippen LogP contribution < -0.4 is 39.1 Å². The van der Waals surface area contributed by atoms with Crippen LogP contribution in [0.1, 0.15) is 664 Å². The molecule has 0 atom stereocenters. The summed E-state index contributed by atoms with van der Waals surface area (Å²) in [6, 6.07) is 17.0. The zero-order valence-corrected chi connectivity index (χ0v) is 95.4. The van der Waals surface area contributed by atoms with Crippen molar-refractivity contribution in [3.8, 4) is 45.9 Å². The Morgan fingerprint density at radius 1 is 0.183 bits per heavy atom. The molecule has 1 radical (unpaired) electrons. The molecule has 0 spiro atoms. The zero-order valence-electron chi connectivity index (χ0n) is 95.4. The fraction of sp³-hybridized carbons (Fsp3) is 0.832. The van der Waals surface area contributed by atoms with Crippen molar-refractivity contribution in [2.75, 3.05) is 50.3 Å². The molecule has 0 saturated heterocycles. The highest BCUT2D eigenvalue weighted by Crippen LogP contribution is 2.45. The highest BCUT2D eigenvalue weighted by molar-refractivity contribution is 5.70. The number of benzene rings is 3. The average Bonchev–Trinajstić information content (AvgIpc) is 0.800. The highest BCUT2D eigenvalue weighted by atomic mass is 16.5. The Hall–Kier alpha value is -4.93. The van der Waals surface area contributed by atoms with Gasteiger partial charge in [-0.15, -0.1) is 0 Å². The lowest BCUT2D eigenvalue weighted by molar-refractivity contribution is 0.234. The van der Waals surface area contributed by atoms with Crippen LogP contribution in [-0.2, 0) is 6.42 Å². The van der Waals surface area contributed by atoms with E-state index in [1.165, 1.54) is 539 Å². The smallest absolute Gasteiger partial charge is 0.232 e. The molecule has 1 aromatic heterocycles. The number of hydrogen-bond donors (Lipinski definition) is 2. The fourth-order valence-electron chi connectivity index (χ4n) is 20.7. The second kappa shape index (κ2) is 102. The van der Waals surface area contributed by atoms with Gasteiger partial charge in [0.25, 0.3) is 0 Å². The van der Waals surface area contributed by atoms with Crippen LogP contribution in [-0.4, -0.2) is 54.6 Å². The summed E-state index contributed by atoms with van der Waals surface area (Å²) in [5.41, 5.74) is 3.59. The highest BCUT2D eigenvalue weighted by Gasteiger charge is 2.22. The first-order valence-corrected chi connectivity index (χ1v) is 63.8. The Labute approximate surface area is 882 Å². The van der Waals surface area contributed by atoms with Gasteiger partial charge in [-0.2, -0.15) is 15.0 Å². The van der Waals surface area contributed by atoms with Crippen LogP contribution in [0.25, 0.3) is 11.4 Å². The van der Waals surface area contributed by atoms with E-state index >= 15 is 0 Å². The Bertz CT molecular complexity index is 2970. The number of aromatic nitrogens is 3. The van der Waals surface area contributed by atoms with E-state index in [0.717, 1.165) is 99.6 Å². The summed E-state index contributed by atoms with van der Waals surface area (Å²) in [6.07, 6.45) is 129. The van der Waals surface area contributed by atoms with E-state index in [1.807, 2.05) is 0 Å². The molecule has 0 aliphatic rings. The van der Waals surface area contributed by atoms with Gasteiger partial charge < -0.3 is 39.1 Å². The minimum absolute atomic E-state index is 0.404. The average molecular weight is 1980 g/mol. The van der Waals surface area contributed by atoms with Crippen molar-refractivity contribution in [2.24, 2.45) is 0 Å². The largest absolute Gasteiger partial charge is 0.489 e. The van der Waals surface area contributed by atoms with Gasteiger partial charge in [0.2, 0.25) is 23.4 Å². The first-order chi connectivity index (χ1) is 70.5. The van der Waals surface area contributed by atoms with Crippen LogP contribution in [0, 0.1) is 6.92 Å². The van der Waals surface area contributed by atoms with Gasteiger partial charge >= 0.3 is 0 Å². The fourth-order valence-corrected chi connectivity index (χ4v) is 20.7. The van der Waals surface area contributed by atoms with Gasteiger partial charge in [0.15, 0.2) is 28.8 Å². The molecule has 4 aromatic rings. The first kappa shape index (κ1) is 129. The van der Waals surface area contributed by atoms with Crippen molar-refractivity contribution in [1.82, 2.24) is 15.0 Å². The van der Waals surface area contributed by atoms with Gasteiger partial charge in [-0.05, 0) is 57.4 Å². The van der Waals surface area contributed by atoms with E-state index in [-0.39, 0.29) is 0 Å². The van der Waals surface area contributed by atoms with E-state index in [2.05, 4.69) is 108 Å². The Balaban J connectivity index is 1.69. The molecule has 11 heteroatoms. The molecular weight excluding hydrogens is 1740 g/mol. The number of anilines is 4. The van der Waals surface area contributed by atoms with Crippen LogP contribution in [0.5, 0.6) is 34.5 Å². The molecule has 4 rings (SSSR count). The number of nitrogens with zero attached hydrogens (tertiary/aromatic N) is 3. The molecule has 0 amide bonds. The standard InChI is InChI=1S/C131H236N5O6/c1-8-15-21-27-33-39-45-51-57-63-69-75-81-87-93-99-109-137-123-115-121(116-124(138-110-100-94-88-82-76-70-64-58-52-46-40-34-28-22-16-9-2)127(123)141-113-103-97-91-85-79-73-67-61-55-49-43-37-31-25-19-12-5)132-130-134-129(120-107-105-119(14-7)106-108-120)135-131(136-130)133-122-117-125(139-111-101-95-89-83-77-71-65-59-53-47-41-35-29-23-17-10-3)128(142-114-104-98-92-86-80-74-68-62-56-50-44-38-32-26-20-13-6)126(118-122)140-112-102-96-90-84-78-72-66-60-54-48-42-36-30-24-18-11-4/h105-108,115-118H,7-104,109-114H2,1-6H3,(H2,132,133,134,135,136). The minimum Gasteiger partial charge on any atom is -0.489 e. The number of unbranched alkanes of at least 4 members (excludes halogenated alkanes) is 90. The van der Waals surface area contributed by atoms with Crippen LogP contribution >= 0.6 is 0 Å². The summed E-state index contributed by atoms with van der Waals surface area (Å²) < 4.78 is 42.3. The lowest BCUT2D eigenvalue weighted by atomic mass is 10.0. The van der Waals surface area contributed by atoms with Crippen LogP contribution in [0.15, 0.2) is 48.5 Å². The van der Waals surface area contributed by atoms with Gasteiger partial charge in [0, 0.05) is 41.2 Å². The zero-order chi connectivity index (χ0) is 101. The van der Waals surface area contributed by atoms with Gasteiger partial charge in [-0.1, -0.05) is 644 Å². The topological polar surface area (TPSA) is 118 Å². The maximum absolute atomic E-state index is 7.05. The maximum Gasteiger partial charge on any atom is 0.232 e. The molecular formula is C131H236N5O6. The second-order valence-electron chi connectivity index (χ2n) is 44.0. The Kier molecular flexibility index (Phi) is 92.8. The molecule has 3 aromatic carbocycles. The molecule has 11 nitrogen and oxygen atoms in total. The predicted octanol–water partition coefficient (Wildman–Crippen LogP) is 45.2. The molecule has 0 aliphatic heterocycles. The van der Waals surface area contributed by atoms with Crippen LogP contribution in [0.3, 0.4) is 0 Å². The molecule has 1 heterocycles. The van der Waals surface area contributed by atoms with Crippen molar-refractivity contribution in [3.05, 3.63) is 61.0 Å². The van der Waals surface area contributed by atoms with Crippen LogP contribution in [0.2, 0.25) is 0 Å². The Morgan fingerprint density at radius 2 is 0.331 bits per heavy atom. The number of ether oxygens (including phenoxy) is 6. The summed E-state index contributed by atoms with van der Waals surface area (Å²) >= 11 is 0. The molecule has 821 valence electrons. The minimum atomic E-state index is 0.404. The summed E-state index contributed by atoms with van der Waals surface area (Å²) in [4.78, 5) is 15.9. The van der Waals surface area contributed by atoms with Gasteiger partial charge in [0.05, 0.1) is 39.6 Å². The lowest BCUT2D eigenvalue weighted by Gasteiger charge is -2.20. The summed E-state index contributed by atoms with van der Waals surface area (Å²) in [5, 5.41) is 7.52. The van der Waals surface area contributed by atoms with E-state index in [1.54, 1.807) is 0 Å². The molecule has 0 aliphatic carbocycles. The third-order valence-electron chi connectivity index (χ3n) is 30.2. The van der Waals surface area contributed by atoms with E-state index in [0.29, 0.717) is 98.3 Å². The summed E-state index contributed by atoms with van der Waals surface area (Å²) in [6.45, 7) is 21.8. The number of rotatable bonds is 114.